The van der Waals surface area contributed by atoms with E-state index in [2.05, 4.69) is 4.98 Å². The van der Waals surface area contributed by atoms with Crippen molar-refractivity contribution in [2.24, 2.45) is 0 Å². The van der Waals surface area contributed by atoms with Crippen molar-refractivity contribution in [2.75, 3.05) is 0 Å². The first-order valence-electron chi connectivity index (χ1n) is 5.82. The van der Waals surface area contributed by atoms with Gasteiger partial charge in [0.05, 0.1) is 6.10 Å². The molecular formula is C13H17NO4. The molecule has 1 aromatic heterocycles. The molecule has 0 aromatic carbocycles. The van der Waals surface area contributed by atoms with Crippen LogP contribution in [0.2, 0.25) is 0 Å². The lowest BCUT2D eigenvalue weighted by Gasteiger charge is -2.18. The van der Waals surface area contributed by atoms with Crippen LogP contribution in [0.1, 0.15) is 38.9 Å². The average molecular weight is 251 g/mol. The van der Waals surface area contributed by atoms with Crippen LogP contribution in [0.15, 0.2) is 24.5 Å². The number of carbonyl (C=O) groups is 2. The lowest BCUT2D eigenvalue weighted by molar-refractivity contribution is -0.170. The normalized spacial score (nSPS) is 13.5. The Labute approximate surface area is 106 Å². The molecule has 5 nitrogen and oxygen atoms in total. The zero-order chi connectivity index (χ0) is 13.5. The summed E-state index contributed by atoms with van der Waals surface area (Å²) < 4.78 is 10.2. The SMILES string of the molecule is CCC(C)OC(=O)C(OC(C)=O)c1ccncc1. The molecule has 1 aromatic rings. The molecule has 0 spiro atoms. The predicted molar refractivity (Wildman–Crippen MR) is 64.6 cm³/mol. The van der Waals surface area contributed by atoms with Gasteiger partial charge in [-0.05, 0) is 25.5 Å². The quantitative estimate of drug-likeness (QED) is 0.749. The van der Waals surface area contributed by atoms with E-state index in [1.807, 2.05) is 6.92 Å². The van der Waals surface area contributed by atoms with Crippen molar-refractivity contribution in [3.63, 3.8) is 0 Å². The number of carbonyl (C=O) groups excluding carboxylic acids is 2. The number of ether oxygens (including phenoxy) is 2. The third-order valence-electron chi connectivity index (χ3n) is 2.40. The van der Waals surface area contributed by atoms with Crippen molar-refractivity contribution in [1.82, 2.24) is 4.98 Å². The van der Waals surface area contributed by atoms with E-state index in [0.29, 0.717) is 12.0 Å². The average Bonchev–Trinajstić information content (AvgIpc) is 2.36. The van der Waals surface area contributed by atoms with Crippen LogP contribution in [-0.2, 0) is 19.1 Å². The molecule has 98 valence electrons. The maximum Gasteiger partial charge on any atom is 0.352 e. The van der Waals surface area contributed by atoms with E-state index in [0.717, 1.165) is 0 Å². The van der Waals surface area contributed by atoms with Gasteiger partial charge in [0.15, 0.2) is 0 Å². The lowest BCUT2D eigenvalue weighted by Crippen LogP contribution is -2.24. The Hall–Kier alpha value is -1.91. The summed E-state index contributed by atoms with van der Waals surface area (Å²) in [6, 6.07) is 3.23. The molecule has 0 saturated carbocycles. The molecular weight excluding hydrogens is 234 g/mol. The zero-order valence-electron chi connectivity index (χ0n) is 10.8. The molecule has 0 aliphatic rings. The van der Waals surface area contributed by atoms with Crippen LogP contribution in [0.5, 0.6) is 0 Å². The van der Waals surface area contributed by atoms with Gasteiger partial charge in [-0.2, -0.15) is 0 Å². The van der Waals surface area contributed by atoms with Gasteiger partial charge in [0.1, 0.15) is 0 Å². The highest BCUT2D eigenvalue weighted by atomic mass is 16.6. The van der Waals surface area contributed by atoms with Crippen molar-refractivity contribution >= 4 is 11.9 Å². The molecule has 5 heteroatoms. The molecule has 1 heterocycles. The molecule has 0 fully saturated rings. The molecule has 0 saturated heterocycles. The van der Waals surface area contributed by atoms with Crippen molar-refractivity contribution in [1.29, 1.82) is 0 Å². The minimum absolute atomic E-state index is 0.211. The highest BCUT2D eigenvalue weighted by molar-refractivity contribution is 5.80. The summed E-state index contributed by atoms with van der Waals surface area (Å²) in [7, 11) is 0. The third-order valence-corrected chi connectivity index (χ3v) is 2.40. The third kappa shape index (κ3) is 4.16. The first-order chi connectivity index (χ1) is 8.54. The second-order valence-electron chi connectivity index (χ2n) is 3.93. The molecule has 0 aliphatic heterocycles. The monoisotopic (exact) mass is 251 g/mol. The van der Waals surface area contributed by atoms with Crippen LogP contribution in [0, 0.1) is 0 Å². The Morgan fingerprint density at radius 3 is 2.39 bits per heavy atom. The lowest BCUT2D eigenvalue weighted by atomic mass is 10.1. The fourth-order valence-corrected chi connectivity index (χ4v) is 1.30. The summed E-state index contributed by atoms with van der Waals surface area (Å²) in [5.41, 5.74) is 0.550. The van der Waals surface area contributed by atoms with Gasteiger partial charge in [-0.15, -0.1) is 0 Å². The first-order valence-corrected chi connectivity index (χ1v) is 5.82. The number of aromatic nitrogens is 1. The van der Waals surface area contributed by atoms with Crippen molar-refractivity contribution < 1.29 is 19.1 Å². The standard InChI is InChI=1S/C13H17NO4/c1-4-9(2)17-13(16)12(18-10(3)15)11-5-7-14-8-6-11/h5-9,12H,4H2,1-3H3. The fourth-order valence-electron chi connectivity index (χ4n) is 1.30. The maximum atomic E-state index is 11.9. The van der Waals surface area contributed by atoms with Crippen molar-refractivity contribution in [3.8, 4) is 0 Å². The van der Waals surface area contributed by atoms with Crippen LogP contribution >= 0.6 is 0 Å². The molecule has 2 unspecified atom stereocenters. The number of esters is 2. The largest absolute Gasteiger partial charge is 0.460 e. The molecule has 0 amide bonds. The topological polar surface area (TPSA) is 65.5 Å². The molecule has 18 heavy (non-hydrogen) atoms. The second-order valence-corrected chi connectivity index (χ2v) is 3.93. The Balaban J connectivity index is 2.85. The number of nitrogens with zero attached hydrogens (tertiary/aromatic N) is 1. The Morgan fingerprint density at radius 1 is 1.28 bits per heavy atom. The Bertz CT molecular complexity index is 405. The Kier molecular flexibility index (Phi) is 5.30. The van der Waals surface area contributed by atoms with Crippen LogP contribution in [0.3, 0.4) is 0 Å². The van der Waals surface area contributed by atoms with Gasteiger partial charge in [0, 0.05) is 24.9 Å². The van der Waals surface area contributed by atoms with Gasteiger partial charge in [-0.3, -0.25) is 9.78 Å². The van der Waals surface area contributed by atoms with E-state index in [4.69, 9.17) is 9.47 Å². The number of rotatable bonds is 5. The predicted octanol–water partition coefficient (Wildman–Crippen LogP) is 2.03. The van der Waals surface area contributed by atoms with Crippen molar-refractivity contribution in [3.05, 3.63) is 30.1 Å². The number of hydrogen-bond acceptors (Lipinski definition) is 5. The van der Waals surface area contributed by atoms with E-state index < -0.39 is 18.0 Å². The summed E-state index contributed by atoms with van der Waals surface area (Å²) in [5.74, 6) is -1.09. The zero-order valence-corrected chi connectivity index (χ0v) is 10.8. The molecule has 0 radical (unpaired) electrons. The summed E-state index contributed by atoms with van der Waals surface area (Å²) >= 11 is 0. The Morgan fingerprint density at radius 2 is 1.89 bits per heavy atom. The van der Waals surface area contributed by atoms with Gasteiger partial charge < -0.3 is 9.47 Å². The van der Waals surface area contributed by atoms with E-state index >= 15 is 0 Å². The van der Waals surface area contributed by atoms with Crippen LogP contribution in [0.25, 0.3) is 0 Å². The number of pyridine rings is 1. The van der Waals surface area contributed by atoms with Gasteiger partial charge >= 0.3 is 11.9 Å². The minimum atomic E-state index is -1.03. The summed E-state index contributed by atoms with van der Waals surface area (Å²) in [6.45, 7) is 4.95. The van der Waals surface area contributed by atoms with Gasteiger partial charge in [-0.1, -0.05) is 6.92 Å². The molecule has 1 rings (SSSR count). The number of hydrogen-bond donors (Lipinski definition) is 0. The van der Waals surface area contributed by atoms with E-state index in [9.17, 15) is 9.59 Å². The molecule has 0 aliphatic carbocycles. The van der Waals surface area contributed by atoms with Crippen molar-refractivity contribution in [2.45, 2.75) is 39.4 Å². The maximum absolute atomic E-state index is 11.9. The smallest absolute Gasteiger partial charge is 0.352 e. The van der Waals surface area contributed by atoms with E-state index in [-0.39, 0.29) is 6.10 Å². The highest BCUT2D eigenvalue weighted by Crippen LogP contribution is 2.19. The van der Waals surface area contributed by atoms with E-state index in [1.165, 1.54) is 19.3 Å². The highest BCUT2D eigenvalue weighted by Gasteiger charge is 2.26. The van der Waals surface area contributed by atoms with Gasteiger partial charge in [0.25, 0.3) is 0 Å². The molecule has 2 atom stereocenters. The minimum Gasteiger partial charge on any atom is -0.460 e. The second kappa shape index (κ2) is 6.74. The van der Waals surface area contributed by atoms with Crippen LogP contribution in [0.4, 0.5) is 0 Å². The first kappa shape index (κ1) is 14.2. The summed E-state index contributed by atoms with van der Waals surface area (Å²) in [6.07, 6.45) is 2.52. The van der Waals surface area contributed by atoms with E-state index in [1.54, 1.807) is 19.1 Å². The van der Waals surface area contributed by atoms with Gasteiger partial charge in [0.2, 0.25) is 6.10 Å². The van der Waals surface area contributed by atoms with Crippen LogP contribution < -0.4 is 0 Å². The van der Waals surface area contributed by atoms with Crippen LogP contribution in [-0.4, -0.2) is 23.0 Å². The summed E-state index contributed by atoms with van der Waals surface area (Å²) in [5, 5.41) is 0. The fraction of sp³-hybridized carbons (Fsp3) is 0.462. The molecule has 0 bridgehead atoms. The molecule has 0 N–H and O–H groups in total. The summed E-state index contributed by atoms with van der Waals surface area (Å²) in [4.78, 5) is 26.8. The van der Waals surface area contributed by atoms with Gasteiger partial charge in [-0.25, -0.2) is 4.79 Å².